The summed E-state index contributed by atoms with van der Waals surface area (Å²) < 4.78 is 9.66. The van der Waals surface area contributed by atoms with E-state index >= 15 is 0 Å². The van der Waals surface area contributed by atoms with Crippen LogP contribution in [0.2, 0.25) is 0 Å². The van der Waals surface area contributed by atoms with E-state index in [2.05, 4.69) is 11.3 Å². The molecule has 1 heterocycles. The van der Waals surface area contributed by atoms with Crippen LogP contribution in [0.4, 0.5) is 0 Å². The maximum absolute atomic E-state index is 10.8. The first-order valence-corrected chi connectivity index (χ1v) is 3.76. The molecule has 0 N–H and O–H groups in total. The highest BCUT2D eigenvalue weighted by molar-refractivity contribution is 5.82. The molecule has 66 valence electrons. The predicted molar refractivity (Wildman–Crippen MR) is 44.6 cm³/mol. The van der Waals surface area contributed by atoms with Crippen molar-refractivity contribution in [1.82, 2.24) is 0 Å². The number of hydrogen-bond donors (Lipinski definition) is 0. The van der Waals surface area contributed by atoms with Gasteiger partial charge in [0.05, 0.1) is 20.3 Å². The molecule has 1 fully saturated rings. The first-order chi connectivity index (χ1) is 5.77. The average Bonchev–Trinajstić information content (AvgIpc) is 2.51. The normalized spacial score (nSPS) is 25.8. The molecule has 0 aromatic rings. The molecule has 0 amide bonds. The zero-order chi connectivity index (χ0) is 8.97. The summed E-state index contributed by atoms with van der Waals surface area (Å²) in [5.74, 6) is -0.161. The van der Waals surface area contributed by atoms with E-state index in [4.69, 9.17) is 4.74 Å². The summed E-state index contributed by atoms with van der Waals surface area (Å²) in [6.07, 6.45) is 3.25. The summed E-state index contributed by atoms with van der Waals surface area (Å²) in [5, 5.41) is 0. The van der Waals surface area contributed by atoms with Crippen molar-refractivity contribution in [2.45, 2.75) is 0 Å². The lowest BCUT2D eigenvalue weighted by molar-refractivity contribution is -0.134. The van der Waals surface area contributed by atoms with Gasteiger partial charge in [-0.05, 0) is 5.57 Å². The molecule has 1 rings (SSSR count). The van der Waals surface area contributed by atoms with Crippen LogP contribution in [0.1, 0.15) is 0 Å². The fourth-order valence-electron chi connectivity index (χ4n) is 1.10. The van der Waals surface area contributed by atoms with Crippen LogP contribution >= 0.6 is 0 Å². The van der Waals surface area contributed by atoms with E-state index in [1.165, 1.54) is 13.2 Å². The monoisotopic (exact) mass is 168 g/mol. The first kappa shape index (κ1) is 9.00. The maximum atomic E-state index is 10.8. The van der Waals surface area contributed by atoms with Gasteiger partial charge < -0.3 is 9.47 Å². The standard InChI is InChI=1S/C9H12O3/c1-3-7-5-12-6-8(7)4-9(10)11-2/h3-4,7H,1,5-6H2,2H3/b8-4-. The Bertz CT molecular complexity index is 218. The lowest BCUT2D eigenvalue weighted by atomic mass is 10.0. The fourth-order valence-corrected chi connectivity index (χ4v) is 1.10. The van der Waals surface area contributed by atoms with Crippen molar-refractivity contribution in [3.8, 4) is 0 Å². The topological polar surface area (TPSA) is 35.5 Å². The molecule has 1 aliphatic heterocycles. The van der Waals surface area contributed by atoms with Gasteiger partial charge in [0.1, 0.15) is 0 Å². The second kappa shape index (κ2) is 4.07. The SMILES string of the molecule is C=CC1COC/C1=C/C(=O)OC. The van der Waals surface area contributed by atoms with Crippen molar-refractivity contribution in [3.05, 3.63) is 24.3 Å². The molecule has 1 saturated heterocycles. The zero-order valence-electron chi connectivity index (χ0n) is 7.08. The third-order valence-electron chi connectivity index (χ3n) is 1.83. The van der Waals surface area contributed by atoms with E-state index in [1.54, 1.807) is 6.08 Å². The van der Waals surface area contributed by atoms with Crippen LogP contribution in [0, 0.1) is 5.92 Å². The number of carbonyl (C=O) groups is 1. The Kier molecular flexibility index (Phi) is 3.05. The summed E-state index contributed by atoms with van der Waals surface area (Å²) >= 11 is 0. The highest BCUT2D eigenvalue weighted by Gasteiger charge is 2.19. The summed E-state index contributed by atoms with van der Waals surface area (Å²) in [6, 6.07) is 0. The Hall–Kier alpha value is -1.09. The molecule has 0 aromatic carbocycles. The van der Waals surface area contributed by atoms with E-state index in [0.29, 0.717) is 13.2 Å². The van der Waals surface area contributed by atoms with Gasteiger partial charge in [0, 0.05) is 12.0 Å². The number of hydrogen-bond acceptors (Lipinski definition) is 3. The van der Waals surface area contributed by atoms with Gasteiger partial charge >= 0.3 is 5.97 Å². The van der Waals surface area contributed by atoms with Crippen molar-refractivity contribution in [1.29, 1.82) is 0 Å². The zero-order valence-corrected chi connectivity index (χ0v) is 7.08. The van der Waals surface area contributed by atoms with E-state index in [9.17, 15) is 4.79 Å². The molecular formula is C9H12O3. The van der Waals surface area contributed by atoms with Gasteiger partial charge in [0.15, 0.2) is 0 Å². The number of ether oxygens (including phenoxy) is 2. The minimum Gasteiger partial charge on any atom is -0.466 e. The smallest absolute Gasteiger partial charge is 0.330 e. The van der Waals surface area contributed by atoms with Crippen molar-refractivity contribution in [2.24, 2.45) is 5.92 Å². The van der Waals surface area contributed by atoms with Gasteiger partial charge in [0.25, 0.3) is 0 Å². The Balaban J connectivity index is 2.66. The molecule has 12 heavy (non-hydrogen) atoms. The third-order valence-corrected chi connectivity index (χ3v) is 1.83. The minimum atomic E-state index is -0.331. The van der Waals surface area contributed by atoms with Crippen LogP contribution in [0.3, 0.4) is 0 Å². The molecule has 1 unspecified atom stereocenters. The van der Waals surface area contributed by atoms with E-state index in [-0.39, 0.29) is 11.9 Å². The number of carbonyl (C=O) groups excluding carboxylic acids is 1. The van der Waals surface area contributed by atoms with Crippen molar-refractivity contribution in [3.63, 3.8) is 0 Å². The molecule has 0 saturated carbocycles. The molecule has 1 aliphatic rings. The second-order valence-electron chi connectivity index (χ2n) is 2.60. The van der Waals surface area contributed by atoms with Crippen LogP contribution in [0.5, 0.6) is 0 Å². The van der Waals surface area contributed by atoms with Gasteiger partial charge in [-0.1, -0.05) is 6.08 Å². The van der Waals surface area contributed by atoms with Crippen LogP contribution in [-0.2, 0) is 14.3 Å². The molecule has 0 radical (unpaired) electrons. The van der Waals surface area contributed by atoms with Crippen molar-refractivity contribution >= 4 is 5.97 Å². The summed E-state index contributed by atoms with van der Waals surface area (Å²) in [6.45, 7) is 4.78. The highest BCUT2D eigenvalue weighted by Crippen LogP contribution is 2.20. The molecule has 1 atom stereocenters. The Labute approximate surface area is 71.7 Å². The molecule has 3 nitrogen and oxygen atoms in total. The van der Waals surface area contributed by atoms with Gasteiger partial charge in [-0.3, -0.25) is 0 Å². The van der Waals surface area contributed by atoms with E-state index in [1.807, 2.05) is 0 Å². The molecule has 3 heteroatoms. The molecule has 0 spiro atoms. The van der Waals surface area contributed by atoms with Gasteiger partial charge in [-0.2, -0.15) is 0 Å². The largest absolute Gasteiger partial charge is 0.466 e. The molecule has 0 aromatic heterocycles. The number of esters is 1. The Morgan fingerprint density at radius 1 is 1.83 bits per heavy atom. The lowest BCUT2D eigenvalue weighted by Gasteiger charge is -2.01. The van der Waals surface area contributed by atoms with Gasteiger partial charge in [0.2, 0.25) is 0 Å². The molecular weight excluding hydrogens is 156 g/mol. The maximum Gasteiger partial charge on any atom is 0.330 e. The third kappa shape index (κ3) is 1.95. The van der Waals surface area contributed by atoms with Crippen molar-refractivity contribution in [2.75, 3.05) is 20.3 Å². The van der Waals surface area contributed by atoms with Gasteiger partial charge in [-0.15, -0.1) is 6.58 Å². The lowest BCUT2D eigenvalue weighted by Crippen LogP contribution is -2.02. The second-order valence-corrected chi connectivity index (χ2v) is 2.60. The van der Waals surface area contributed by atoms with Crippen LogP contribution in [0.15, 0.2) is 24.3 Å². The Morgan fingerprint density at radius 2 is 2.58 bits per heavy atom. The van der Waals surface area contributed by atoms with Crippen LogP contribution in [-0.4, -0.2) is 26.3 Å². The van der Waals surface area contributed by atoms with Crippen LogP contribution < -0.4 is 0 Å². The molecule has 0 aliphatic carbocycles. The molecule has 0 bridgehead atoms. The highest BCUT2D eigenvalue weighted by atomic mass is 16.5. The first-order valence-electron chi connectivity index (χ1n) is 3.76. The Morgan fingerprint density at radius 3 is 3.17 bits per heavy atom. The van der Waals surface area contributed by atoms with Gasteiger partial charge in [-0.25, -0.2) is 4.79 Å². The fraction of sp³-hybridized carbons (Fsp3) is 0.444. The van der Waals surface area contributed by atoms with Crippen LogP contribution in [0.25, 0.3) is 0 Å². The number of rotatable bonds is 2. The average molecular weight is 168 g/mol. The summed E-state index contributed by atoms with van der Waals surface area (Å²) in [4.78, 5) is 10.8. The van der Waals surface area contributed by atoms with E-state index in [0.717, 1.165) is 5.57 Å². The summed E-state index contributed by atoms with van der Waals surface area (Å²) in [5.41, 5.74) is 0.942. The van der Waals surface area contributed by atoms with E-state index < -0.39 is 0 Å². The minimum absolute atomic E-state index is 0.170. The van der Waals surface area contributed by atoms with Crippen molar-refractivity contribution < 1.29 is 14.3 Å². The quantitative estimate of drug-likeness (QED) is 0.349. The number of methoxy groups -OCH3 is 1. The summed E-state index contributed by atoms with van der Waals surface area (Å²) in [7, 11) is 1.36. The predicted octanol–water partition coefficient (Wildman–Crippen LogP) is 0.918.